The Kier molecular flexibility index (Phi) is 41.5. The van der Waals surface area contributed by atoms with Crippen LogP contribution in [0, 0.1) is 5.92 Å². The molecule has 2 amide bonds. The van der Waals surface area contributed by atoms with Crippen LogP contribution in [-0.4, -0.2) is 103 Å². The van der Waals surface area contributed by atoms with Gasteiger partial charge in [-0.2, -0.15) is 0 Å². The number of aliphatic hydroxyl groups is 1. The summed E-state index contributed by atoms with van der Waals surface area (Å²) in [5, 5.41) is 14.2. The zero-order chi connectivity index (χ0) is 50.6. The lowest BCUT2D eigenvalue weighted by Crippen LogP contribution is -2.37. The molecule has 1 unspecified atom stereocenters. The van der Waals surface area contributed by atoms with Crippen LogP contribution in [0.2, 0.25) is 0 Å². The summed E-state index contributed by atoms with van der Waals surface area (Å²) in [7, 11) is 0. The van der Waals surface area contributed by atoms with Gasteiger partial charge in [-0.05, 0) is 117 Å². The maximum Gasteiger partial charge on any atom is 0.410 e. The van der Waals surface area contributed by atoms with Crippen molar-refractivity contribution >= 4 is 23.9 Å². The van der Waals surface area contributed by atoms with Gasteiger partial charge in [0.05, 0.1) is 18.6 Å². The van der Waals surface area contributed by atoms with E-state index in [0.29, 0.717) is 58.5 Å². The molecule has 0 radical (unpaired) electrons. The van der Waals surface area contributed by atoms with Crippen molar-refractivity contribution in [2.45, 2.75) is 297 Å². The Balaban J connectivity index is 2.48. The third-order valence-electron chi connectivity index (χ3n) is 13.7. The lowest BCUT2D eigenvalue weighted by Gasteiger charge is -2.25. The molecule has 2 atom stereocenters. The molecule has 11 heteroatoms. The summed E-state index contributed by atoms with van der Waals surface area (Å²) in [6, 6.07) is 0. The molecule has 0 bridgehead atoms. The lowest BCUT2D eigenvalue weighted by atomic mass is 10.0. The first-order chi connectivity index (χ1) is 33.4. The predicted octanol–water partition coefficient (Wildman–Crippen LogP) is 14.6. The van der Waals surface area contributed by atoms with Gasteiger partial charge in [-0.15, -0.1) is 0 Å². The summed E-state index contributed by atoms with van der Waals surface area (Å²) in [6.45, 7) is 16.7. The number of nitrogens with one attached hydrogen (secondary N) is 1. The maximum absolute atomic E-state index is 12.9. The van der Waals surface area contributed by atoms with Crippen LogP contribution in [0.5, 0.6) is 0 Å². The molecular formula is C58H111N3O8. The fraction of sp³-hybridized carbons (Fsp3) is 0.931. The van der Waals surface area contributed by atoms with Crippen molar-refractivity contribution in [1.82, 2.24) is 15.1 Å². The van der Waals surface area contributed by atoms with Crippen LogP contribution >= 0.6 is 0 Å². The molecule has 0 aromatic heterocycles. The summed E-state index contributed by atoms with van der Waals surface area (Å²) in [5.41, 5.74) is -0.564. The average Bonchev–Trinajstić information content (AvgIpc) is 3.82. The van der Waals surface area contributed by atoms with E-state index in [9.17, 15) is 24.3 Å². The third kappa shape index (κ3) is 39.9. The topological polar surface area (TPSA) is 135 Å². The minimum absolute atomic E-state index is 0.0213. The Morgan fingerprint density at radius 2 is 1.06 bits per heavy atom. The van der Waals surface area contributed by atoms with E-state index in [-0.39, 0.29) is 36.0 Å². The van der Waals surface area contributed by atoms with Gasteiger partial charge in [0.15, 0.2) is 0 Å². The highest BCUT2D eigenvalue weighted by molar-refractivity contribution is 5.80. The number of rotatable bonds is 47. The van der Waals surface area contributed by atoms with Crippen LogP contribution in [0.25, 0.3) is 0 Å². The normalized spacial score (nSPS) is 14.4. The predicted molar refractivity (Wildman–Crippen MR) is 285 cm³/mol. The number of aliphatic hydroxyl groups excluding tert-OH is 1. The first kappa shape index (κ1) is 64.6. The minimum atomic E-state index is -0.564. The smallest absolute Gasteiger partial charge is 0.410 e. The molecule has 1 heterocycles. The van der Waals surface area contributed by atoms with E-state index in [1.165, 1.54) is 109 Å². The summed E-state index contributed by atoms with van der Waals surface area (Å²) >= 11 is 0. The fourth-order valence-electron chi connectivity index (χ4n) is 9.41. The summed E-state index contributed by atoms with van der Waals surface area (Å²) in [5.74, 6) is -0.350. The van der Waals surface area contributed by atoms with Crippen LogP contribution in [0.1, 0.15) is 279 Å². The molecule has 0 aromatic rings. The first-order valence-electron chi connectivity index (χ1n) is 29.4. The van der Waals surface area contributed by atoms with Gasteiger partial charge in [0.2, 0.25) is 5.91 Å². The van der Waals surface area contributed by atoms with Gasteiger partial charge in [-0.25, -0.2) is 4.79 Å². The van der Waals surface area contributed by atoms with E-state index in [1.807, 2.05) is 20.8 Å². The number of carbonyl (C=O) groups is 4. The van der Waals surface area contributed by atoms with Gasteiger partial charge < -0.3 is 34.4 Å². The number of hydrogen-bond donors (Lipinski definition) is 2. The molecule has 2 N–H and O–H groups in total. The minimum Gasteiger partial charge on any atom is -0.466 e. The molecule has 0 aliphatic carbocycles. The molecule has 11 nitrogen and oxygen atoms in total. The highest BCUT2D eigenvalue weighted by Gasteiger charge is 2.33. The van der Waals surface area contributed by atoms with Crippen LogP contribution < -0.4 is 5.32 Å². The van der Waals surface area contributed by atoms with Crippen LogP contribution in [0.3, 0.4) is 0 Å². The van der Waals surface area contributed by atoms with E-state index in [0.717, 1.165) is 116 Å². The van der Waals surface area contributed by atoms with Gasteiger partial charge in [-0.3, -0.25) is 14.4 Å². The first-order valence-corrected chi connectivity index (χ1v) is 29.4. The van der Waals surface area contributed by atoms with Crippen LogP contribution in [-0.2, 0) is 28.6 Å². The Morgan fingerprint density at radius 1 is 0.594 bits per heavy atom. The third-order valence-corrected chi connectivity index (χ3v) is 13.7. The van der Waals surface area contributed by atoms with Crippen molar-refractivity contribution < 1.29 is 38.5 Å². The molecular weight excluding hydrogens is 867 g/mol. The zero-order valence-corrected chi connectivity index (χ0v) is 46.0. The quantitative estimate of drug-likeness (QED) is 0.0347. The highest BCUT2D eigenvalue weighted by atomic mass is 16.6. The SMILES string of the molecule is CCCCCCCCCCCOC(=O)CCCCCN(CCCCCCCC(=O)OC(CCCCCCCC)CCCCCCCC)CC(O)CCCCNC(=O)[C@H]1CCN(C(=O)OC(C)(C)C)C1. The number of ether oxygens (including phenoxy) is 3. The van der Waals surface area contributed by atoms with E-state index in [1.54, 1.807) is 4.90 Å². The van der Waals surface area contributed by atoms with Crippen molar-refractivity contribution in [2.24, 2.45) is 5.92 Å². The largest absolute Gasteiger partial charge is 0.466 e. The molecule has 1 aliphatic rings. The maximum atomic E-state index is 12.9. The van der Waals surface area contributed by atoms with E-state index >= 15 is 0 Å². The second-order valence-electron chi connectivity index (χ2n) is 21.8. The zero-order valence-electron chi connectivity index (χ0n) is 46.0. The monoisotopic (exact) mass is 978 g/mol. The number of likely N-dealkylation sites (tertiary alicyclic amines) is 1. The number of hydrogen-bond acceptors (Lipinski definition) is 9. The molecule has 0 saturated carbocycles. The van der Waals surface area contributed by atoms with Gasteiger partial charge >= 0.3 is 18.0 Å². The number of esters is 2. The Hall–Kier alpha value is -2.40. The van der Waals surface area contributed by atoms with Crippen LogP contribution in [0.4, 0.5) is 4.79 Å². The second kappa shape index (κ2) is 44.3. The Morgan fingerprint density at radius 3 is 1.61 bits per heavy atom. The highest BCUT2D eigenvalue weighted by Crippen LogP contribution is 2.21. The molecule has 1 fully saturated rings. The lowest BCUT2D eigenvalue weighted by molar-refractivity contribution is -0.150. The van der Waals surface area contributed by atoms with E-state index in [2.05, 4.69) is 31.0 Å². The molecule has 406 valence electrons. The second-order valence-corrected chi connectivity index (χ2v) is 21.8. The van der Waals surface area contributed by atoms with Crippen molar-refractivity contribution in [3.05, 3.63) is 0 Å². The molecule has 69 heavy (non-hydrogen) atoms. The number of unbranched alkanes of at least 4 members (excludes halogenated alkanes) is 25. The van der Waals surface area contributed by atoms with Gasteiger partial charge in [-0.1, -0.05) is 162 Å². The molecule has 1 aliphatic heterocycles. The Labute approximate surface area is 424 Å². The molecule has 1 saturated heterocycles. The summed E-state index contributed by atoms with van der Waals surface area (Å²) in [4.78, 5) is 54.6. The fourth-order valence-corrected chi connectivity index (χ4v) is 9.41. The van der Waals surface area contributed by atoms with Crippen LogP contribution in [0.15, 0.2) is 0 Å². The standard InChI is InChI=1S/C58H111N3O8/c1-7-10-13-16-19-20-21-27-37-48-67-54(63)41-32-28-36-46-60(50-52(62)38-33-34-44-59-56(65)51-43-47-61(49-51)57(66)69-58(4,5)6)45-35-26-22-25-31-42-55(64)68-53(39-29-23-17-14-11-8-2)40-30-24-18-15-12-9-3/h51-53,62H,7-50H2,1-6H3,(H,59,65)/t51-,52?/m0/s1. The van der Waals surface area contributed by atoms with Crippen molar-refractivity contribution in [2.75, 3.05) is 45.9 Å². The molecule has 0 spiro atoms. The van der Waals surface area contributed by atoms with Crippen molar-refractivity contribution in [3.63, 3.8) is 0 Å². The van der Waals surface area contributed by atoms with Crippen molar-refractivity contribution in [1.29, 1.82) is 0 Å². The van der Waals surface area contributed by atoms with Gasteiger partial charge in [0.25, 0.3) is 0 Å². The van der Waals surface area contributed by atoms with Gasteiger partial charge in [0, 0.05) is 39.0 Å². The molecule has 1 rings (SSSR count). The van der Waals surface area contributed by atoms with E-state index in [4.69, 9.17) is 14.2 Å². The number of carbonyl (C=O) groups excluding carboxylic acids is 4. The van der Waals surface area contributed by atoms with Crippen molar-refractivity contribution in [3.8, 4) is 0 Å². The molecule has 0 aromatic carbocycles. The summed E-state index contributed by atoms with van der Waals surface area (Å²) in [6.07, 6.45) is 39.3. The van der Waals surface area contributed by atoms with Gasteiger partial charge in [0.1, 0.15) is 11.7 Å². The Bertz CT molecular complexity index is 1230. The average molecular weight is 979 g/mol. The van der Waals surface area contributed by atoms with E-state index < -0.39 is 11.7 Å². The number of nitrogens with zero attached hydrogens (tertiary/aromatic N) is 2. The summed E-state index contributed by atoms with van der Waals surface area (Å²) < 4.78 is 17.1. The number of amides is 2.